The molecule has 0 aliphatic carbocycles. The molecule has 0 saturated carbocycles. The third kappa shape index (κ3) is 4.14. The zero-order chi connectivity index (χ0) is 18.5. The molecule has 0 unspecified atom stereocenters. The monoisotopic (exact) mass is 380 g/mol. The van der Waals surface area contributed by atoms with Gasteiger partial charge >= 0.3 is 0 Å². The van der Waals surface area contributed by atoms with Crippen LogP contribution in [0, 0.1) is 0 Å². The van der Waals surface area contributed by atoms with Gasteiger partial charge in [0.25, 0.3) is 0 Å². The fourth-order valence-corrected chi connectivity index (χ4v) is 4.06. The Balaban J connectivity index is 1.38. The van der Waals surface area contributed by atoms with Crippen molar-refractivity contribution in [2.75, 3.05) is 53.6 Å². The van der Waals surface area contributed by atoms with Crippen LogP contribution in [-0.4, -0.2) is 42.7 Å². The average molecular weight is 381 g/mol. The number of thiophene rings is 1. The van der Waals surface area contributed by atoms with Crippen molar-refractivity contribution in [3.05, 3.63) is 59.0 Å². The Hall–Kier alpha value is -2.80. The summed E-state index contributed by atoms with van der Waals surface area (Å²) >= 11 is 1.77. The molecule has 2 aromatic heterocycles. The molecular formula is C20H24N6S. The number of aromatic nitrogens is 2. The van der Waals surface area contributed by atoms with Gasteiger partial charge in [0.2, 0.25) is 0 Å². The molecule has 0 bridgehead atoms. The molecule has 6 nitrogen and oxygen atoms in total. The molecule has 7 heteroatoms. The van der Waals surface area contributed by atoms with E-state index in [1.54, 1.807) is 17.7 Å². The van der Waals surface area contributed by atoms with E-state index in [-0.39, 0.29) is 0 Å². The zero-order valence-electron chi connectivity index (χ0n) is 15.2. The number of rotatable bonds is 6. The fourth-order valence-electron chi connectivity index (χ4n) is 3.35. The smallest absolute Gasteiger partial charge is 0.157 e. The SMILES string of the molecule is Nc1c(NCCc2cccs2)ncnc1N1CCN(c2ccccc2)CC1. The number of anilines is 4. The molecule has 0 spiro atoms. The first-order valence-corrected chi connectivity index (χ1v) is 10.1. The minimum absolute atomic E-state index is 0.636. The molecule has 4 rings (SSSR count). The van der Waals surface area contributed by atoms with Crippen LogP contribution in [0.15, 0.2) is 54.2 Å². The predicted molar refractivity (Wildman–Crippen MR) is 114 cm³/mol. The van der Waals surface area contributed by atoms with Crippen LogP contribution in [0.3, 0.4) is 0 Å². The highest BCUT2D eigenvalue weighted by Gasteiger charge is 2.21. The van der Waals surface area contributed by atoms with Crippen molar-refractivity contribution in [2.45, 2.75) is 6.42 Å². The number of nitrogens with one attached hydrogen (secondary N) is 1. The first-order chi connectivity index (χ1) is 13.3. The van der Waals surface area contributed by atoms with E-state index in [2.05, 4.69) is 66.9 Å². The molecule has 1 aliphatic heterocycles. The standard InChI is InChI=1S/C20H24N6S/c21-18-19(22-9-8-17-7-4-14-27-17)23-15-24-20(18)26-12-10-25(11-13-26)16-5-2-1-3-6-16/h1-7,14-15H,8-13,21H2,(H,22,23,24). The fraction of sp³-hybridized carbons (Fsp3) is 0.300. The van der Waals surface area contributed by atoms with Crippen molar-refractivity contribution in [1.29, 1.82) is 0 Å². The lowest BCUT2D eigenvalue weighted by molar-refractivity contribution is 0.647. The second kappa shape index (κ2) is 8.26. The Morgan fingerprint density at radius 3 is 2.48 bits per heavy atom. The molecule has 0 atom stereocenters. The topological polar surface area (TPSA) is 70.3 Å². The third-order valence-corrected chi connectivity index (χ3v) is 5.74. The van der Waals surface area contributed by atoms with Gasteiger partial charge in [-0.05, 0) is 30.0 Å². The number of nitrogen functional groups attached to an aromatic ring is 1. The van der Waals surface area contributed by atoms with E-state index in [1.807, 2.05) is 6.07 Å². The molecule has 1 aliphatic rings. The lowest BCUT2D eigenvalue weighted by Crippen LogP contribution is -2.47. The highest BCUT2D eigenvalue weighted by molar-refractivity contribution is 7.09. The predicted octanol–water partition coefficient (Wildman–Crippen LogP) is 3.10. The van der Waals surface area contributed by atoms with Crippen LogP contribution in [0.1, 0.15) is 4.88 Å². The Labute approximate surface area is 163 Å². The van der Waals surface area contributed by atoms with E-state index < -0.39 is 0 Å². The summed E-state index contributed by atoms with van der Waals surface area (Å²) in [7, 11) is 0. The molecule has 27 heavy (non-hydrogen) atoms. The van der Waals surface area contributed by atoms with E-state index in [4.69, 9.17) is 5.73 Å². The van der Waals surface area contributed by atoms with Gasteiger partial charge in [-0.2, -0.15) is 0 Å². The van der Waals surface area contributed by atoms with Gasteiger partial charge in [-0.25, -0.2) is 9.97 Å². The van der Waals surface area contributed by atoms with Gasteiger partial charge in [0.15, 0.2) is 11.6 Å². The van der Waals surface area contributed by atoms with E-state index >= 15 is 0 Å². The number of piperazine rings is 1. The highest BCUT2D eigenvalue weighted by atomic mass is 32.1. The summed E-state index contributed by atoms with van der Waals surface area (Å²) in [5, 5.41) is 5.46. The van der Waals surface area contributed by atoms with Crippen LogP contribution in [0.25, 0.3) is 0 Å². The lowest BCUT2D eigenvalue weighted by Gasteiger charge is -2.37. The molecule has 3 aromatic rings. The van der Waals surface area contributed by atoms with E-state index in [0.29, 0.717) is 5.69 Å². The molecule has 3 heterocycles. The summed E-state index contributed by atoms with van der Waals surface area (Å²) in [4.78, 5) is 14.8. The molecule has 0 radical (unpaired) electrons. The number of benzene rings is 1. The first kappa shape index (κ1) is 17.6. The number of hydrogen-bond acceptors (Lipinski definition) is 7. The quantitative estimate of drug-likeness (QED) is 0.685. The molecule has 140 valence electrons. The van der Waals surface area contributed by atoms with Crippen LogP contribution < -0.4 is 20.9 Å². The zero-order valence-corrected chi connectivity index (χ0v) is 16.0. The van der Waals surface area contributed by atoms with Crippen molar-refractivity contribution < 1.29 is 0 Å². The summed E-state index contributed by atoms with van der Waals surface area (Å²) in [5.74, 6) is 1.55. The van der Waals surface area contributed by atoms with Crippen molar-refractivity contribution >= 4 is 34.3 Å². The van der Waals surface area contributed by atoms with Crippen molar-refractivity contribution in [3.63, 3.8) is 0 Å². The number of hydrogen-bond donors (Lipinski definition) is 2. The third-order valence-electron chi connectivity index (χ3n) is 4.81. The molecule has 0 amide bonds. The summed E-state index contributed by atoms with van der Waals surface area (Å²) in [6.07, 6.45) is 2.56. The van der Waals surface area contributed by atoms with Crippen molar-refractivity contribution in [3.8, 4) is 0 Å². The van der Waals surface area contributed by atoms with Gasteiger partial charge in [-0.15, -0.1) is 11.3 Å². The highest BCUT2D eigenvalue weighted by Crippen LogP contribution is 2.27. The summed E-state index contributed by atoms with van der Waals surface area (Å²) in [6.45, 7) is 4.50. The minimum atomic E-state index is 0.636. The summed E-state index contributed by atoms with van der Waals surface area (Å²) in [6, 6.07) is 14.7. The van der Waals surface area contributed by atoms with Gasteiger partial charge in [-0.3, -0.25) is 0 Å². The second-order valence-electron chi connectivity index (χ2n) is 6.53. The number of para-hydroxylation sites is 1. The van der Waals surface area contributed by atoms with Gasteiger partial charge in [0, 0.05) is 43.3 Å². The number of nitrogens with two attached hydrogens (primary N) is 1. The van der Waals surface area contributed by atoms with Crippen LogP contribution in [0.2, 0.25) is 0 Å². The largest absolute Gasteiger partial charge is 0.393 e. The Morgan fingerprint density at radius 2 is 1.74 bits per heavy atom. The number of nitrogens with zero attached hydrogens (tertiary/aromatic N) is 4. The minimum Gasteiger partial charge on any atom is -0.393 e. The van der Waals surface area contributed by atoms with E-state index in [0.717, 1.165) is 50.8 Å². The van der Waals surface area contributed by atoms with Crippen LogP contribution in [0.4, 0.5) is 23.0 Å². The van der Waals surface area contributed by atoms with E-state index in [9.17, 15) is 0 Å². The Morgan fingerprint density at radius 1 is 0.963 bits per heavy atom. The van der Waals surface area contributed by atoms with Gasteiger partial charge in [0.05, 0.1) is 0 Å². The Kier molecular flexibility index (Phi) is 5.39. The van der Waals surface area contributed by atoms with Crippen molar-refractivity contribution in [2.24, 2.45) is 0 Å². The molecule has 1 fully saturated rings. The maximum absolute atomic E-state index is 6.38. The van der Waals surface area contributed by atoms with Gasteiger partial charge in [0.1, 0.15) is 12.0 Å². The molecular weight excluding hydrogens is 356 g/mol. The second-order valence-corrected chi connectivity index (χ2v) is 7.56. The van der Waals surface area contributed by atoms with Crippen molar-refractivity contribution in [1.82, 2.24) is 9.97 Å². The molecule has 3 N–H and O–H groups in total. The normalized spacial score (nSPS) is 14.4. The van der Waals surface area contributed by atoms with Crippen LogP contribution >= 0.6 is 11.3 Å². The maximum Gasteiger partial charge on any atom is 0.157 e. The van der Waals surface area contributed by atoms with Crippen LogP contribution in [0.5, 0.6) is 0 Å². The Bertz CT molecular complexity index is 844. The summed E-state index contributed by atoms with van der Waals surface area (Å²) < 4.78 is 0. The van der Waals surface area contributed by atoms with E-state index in [1.165, 1.54) is 10.6 Å². The average Bonchev–Trinajstić information content (AvgIpc) is 3.24. The maximum atomic E-state index is 6.38. The summed E-state index contributed by atoms with van der Waals surface area (Å²) in [5.41, 5.74) is 8.28. The first-order valence-electron chi connectivity index (χ1n) is 9.23. The molecule has 1 aromatic carbocycles. The lowest BCUT2D eigenvalue weighted by atomic mass is 10.2. The van der Waals surface area contributed by atoms with Gasteiger partial charge in [-0.1, -0.05) is 24.3 Å². The van der Waals surface area contributed by atoms with Crippen LogP contribution in [-0.2, 0) is 6.42 Å². The molecule has 1 saturated heterocycles. The van der Waals surface area contributed by atoms with Gasteiger partial charge < -0.3 is 20.9 Å².